The van der Waals surface area contributed by atoms with E-state index in [1.807, 2.05) is 12.1 Å². The van der Waals surface area contributed by atoms with Crippen LogP contribution in [0.3, 0.4) is 0 Å². The lowest BCUT2D eigenvalue weighted by atomic mass is 9.96. The summed E-state index contributed by atoms with van der Waals surface area (Å²) in [5, 5.41) is 3.52. The summed E-state index contributed by atoms with van der Waals surface area (Å²) in [7, 11) is 0. The van der Waals surface area contributed by atoms with Crippen molar-refractivity contribution in [3.63, 3.8) is 0 Å². The Balaban J connectivity index is 1.72. The third kappa shape index (κ3) is 1.82. The van der Waals surface area contributed by atoms with Gasteiger partial charge >= 0.3 is 0 Å². The Morgan fingerprint density at radius 3 is 2.80 bits per heavy atom. The fourth-order valence-corrected chi connectivity index (χ4v) is 2.88. The molecule has 1 aromatic heterocycles. The van der Waals surface area contributed by atoms with Gasteiger partial charge in [-0.1, -0.05) is 36.4 Å². The van der Waals surface area contributed by atoms with Gasteiger partial charge in [0.2, 0.25) is 5.89 Å². The van der Waals surface area contributed by atoms with Crippen LogP contribution in [-0.2, 0) is 13.0 Å². The van der Waals surface area contributed by atoms with Crippen LogP contribution in [0.1, 0.15) is 28.6 Å². The molecule has 4 rings (SSSR count). The zero-order valence-corrected chi connectivity index (χ0v) is 11.4. The highest BCUT2D eigenvalue weighted by Crippen LogP contribution is 2.28. The molecule has 0 spiro atoms. The fraction of sp³-hybridized carbons (Fsp3) is 0.235. The van der Waals surface area contributed by atoms with Crippen molar-refractivity contribution < 1.29 is 4.42 Å². The van der Waals surface area contributed by atoms with Gasteiger partial charge in [0.25, 0.3) is 0 Å². The molecule has 1 aliphatic rings. The standard InChI is InChI=1S/C17H16N2O/c1-11-5-4-8-15-16(11)19-17(20-15)14-9-12-6-2-3-7-13(12)10-18-14/h2-8,14,18H,9-10H2,1H3. The number of rotatable bonds is 1. The van der Waals surface area contributed by atoms with Crippen LogP contribution >= 0.6 is 0 Å². The second kappa shape index (κ2) is 4.46. The van der Waals surface area contributed by atoms with Crippen molar-refractivity contribution in [2.24, 2.45) is 0 Å². The van der Waals surface area contributed by atoms with Gasteiger partial charge in [0.05, 0.1) is 6.04 Å². The Bertz CT molecular complexity index is 776. The van der Waals surface area contributed by atoms with E-state index in [2.05, 4.69) is 47.6 Å². The number of para-hydroxylation sites is 1. The van der Waals surface area contributed by atoms with Crippen LogP contribution in [0.15, 0.2) is 46.9 Å². The maximum atomic E-state index is 5.93. The molecule has 2 heterocycles. The van der Waals surface area contributed by atoms with E-state index < -0.39 is 0 Å². The Morgan fingerprint density at radius 2 is 1.95 bits per heavy atom. The first kappa shape index (κ1) is 11.7. The number of hydrogen-bond donors (Lipinski definition) is 1. The van der Waals surface area contributed by atoms with E-state index in [0.29, 0.717) is 0 Å². The number of oxazole rings is 1. The van der Waals surface area contributed by atoms with E-state index >= 15 is 0 Å². The average molecular weight is 264 g/mol. The summed E-state index contributed by atoms with van der Waals surface area (Å²) in [5.41, 5.74) is 5.77. The number of fused-ring (bicyclic) bond motifs is 2. The number of hydrogen-bond acceptors (Lipinski definition) is 3. The molecule has 1 atom stereocenters. The van der Waals surface area contributed by atoms with Gasteiger partial charge in [0.15, 0.2) is 5.58 Å². The number of nitrogens with one attached hydrogen (secondary N) is 1. The molecule has 1 unspecified atom stereocenters. The van der Waals surface area contributed by atoms with Crippen molar-refractivity contribution in [2.75, 3.05) is 0 Å². The molecule has 0 aliphatic carbocycles. The minimum atomic E-state index is 0.164. The molecule has 0 radical (unpaired) electrons. The first-order chi connectivity index (χ1) is 9.81. The molecule has 0 amide bonds. The minimum Gasteiger partial charge on any atom is -0.439 e. The molecule has 3 aromatic rings. The number of nitrogens with zero attached hydrogens (tertiary/aromatic N) is 1. The van der Waals surface area contributed by atoms with E-state index in [0.717, 1.165) is 35.5 Å². The Kier molecular flexibility index (Phi) is 2.60. The van der Waals surface area contributed by atoms with Gasteiger partial charge in [-0.15, -0.1) is 0 Å². The minimum absolute atomic E-state index is 0.164. The third-order valence-electron chi connectivity index (χ3n) is 4.02. The van der Waals surface area contributed by atoms with Crippen molar-refractivity contribution in [3.05, 3.63) is 65.0 Å². The van der Waals surface area contributed by atoms with Crippen LogP contribution in [0.2, 0.25) is 0 Å². The summed E-state index contributed by atoms with van der Waals surface area (Å²) in [6.07, 6.45) is 0.933. The molecule has 20 heavy (non-hydrogen) atoms. The van der Waals surface area contributed by atoms with Crippen LogP contribution in [0.5, 0.6) is 0 Å². The van der Waals surface area contributed by atoms with Gasteiger partial charge in [-0.25, -0.2) is 4.98 Å². The topological polar surface area (TPSA) is 38.1 Å². The Hall–Kier alpha value is -2.13. The fourth-order valence-electron chi connectivity index (χ4n) is 2.88. The molecule has 1 N–H and O–H groups in total. The predicted molar refractivity (Wildman–Crippen MR) is 78.5 cm³/mol. The van der Waals surface area contributed by atoms with Gasteiger partial charge in [0.1, 0.15) is 5.52 Å². The summed E-state index contributed by atoms with van der Waals surface area (Å²) in [6.45, 7) is 2.94. The van der Waals surface area contributed by atoms with Gasteiger partial charge in [-0.05, 0) is 36.1 Å². The Labute approximate surface area is 117 Å². The quantitative estimate of drug-likeness (QED) is 0.730. The number of aromatic nitrogens is 1. The van der Waals surface area contributed by atoms with Crippen molar-refractivity contribution >= 4 is 11.1 Å². The molecule has 2 aromatic carbocycles. The summed E-state index contributed by atoms with van der Waals surface area (Å²) in [5.74, 6) is 0.795. The van der Waals surface area contributed by atoms with E-state index in [-0.39, 0.29) is 6.04 Å². The van der Waals surface area contributed by atoms with E-state index in [1.165, 1.54) is 11.1 Å². The van der Waals surface area contributed by atoms with Crippen molar-refractivity contribution in [3.8, 4) is 0 Å². The first-order valence-corrected chi connectivity index (χ1v) is 6.97. The highest BCUT2D eigenvalue weighted by Gasteiger charge is 2.23. The lowest BCUT2D eigenvalue weighted by molar-refractivity contribution is 0.395. The van der Waals surface area contributed by atoms with Crippen molar-refractivity contribution in [2.45, 2.75) is 25.9 Å². The van der Waals surface area contributed by atoms with Crippen LogP contribution in [-0.4, -0.2) is 4.98 Å². The molecular weight excluding hydrogens is 248 g/mol. The highest BCUT2D eigenvalue weighted by atomic mass is 16.3. The largest absolute Gasteiger partial charge is 0.439 e. The summed E-state index contributed by atoms with van der Waals surface area (Å²) in [6, 6.07) is 14.8. The lowest BCUT2D eigenvalue weighted by Gasteiger charge is -2.23. The maximum absolute atomic E-state index is 5.93. The van der Waals surface area contributed by atoms with Gasteiger partial charge in [0, 0.05) is 6.54 Å². The van der Waals surface area contributed by atoms with Crippen LogP contribution in [0, 0.1) is 6.92 Å². The van der Waals surface area contributed by atoms with Gasteiger partial charge < -0.3 is 9.73 Å². The summed E-state index contributed by atoms with van der Waals surface area (Å²) in [4.78, 5) is 4.68. The van der Waals surface area contributed by atoms with Crippen LogP contribution in [0.25, 0.3) is 11.1 Å². The molecular formula is C17H16N2O. The molecule has 3 nitrogen and oxygen atoms in total. The number of benzene rings is 2. The van der Waals surface area contributed by atoms with Gasteiger partial charge in [-0.3, -0.25) is 0 Å². The van der Waals surface area contributed by atoms with Crippen molar-refractivity contribution in [1.29, 1.82) is 0 Å². The smallest absolute Gasteiger partial charge is 0.213 e. The maximum Gasteiger partial charge on any atom is 0.213 e. The predicted octanol–water partition coefficient (Wildman–Crippen LogP) is 3.52. The molecule has 0 saturated heterocycles. The molecule has 0 fully saturated rings. The van der Waals surface area contributed by atoms with E-state index in [9.17, 15) is 0 Å². The molecule has 0 bridgehead atoms. The molecule has 1 aliphatic heterocycles. The SMILES string of the molecule is Cc1cccc2oc(C3Cc4ccccc4CN3)nc12. The molecule has 100 valence electrons. The molecule has 3 heteroatoms. The van der Waals surface area contributed by atoms with E-state index in [4.69, 9.17) is 4.42 Å². The zero-order chi connectivity index (χ0) is 13.5. The number of aryl methyl sites for hydroxylation is 1. The monoisotopic (exact) mass is 264 g/mol. The van der Waals surface area contributed by atoms with Gasteiger partial charge in [-0.2, -0.15) is 0 Å². The lowest BCUT2D eigenvalue weighted by Crippen LogP contribution is -2.28. The average Bonchev–Trinajstić information content (AvgIpc) is 2.92. The Morgan fingerprint density at radius 1 is 1.10 bits per heavy atom. The normalized spacial score (nSPS) is 18.1. The summed E-state index contributed by atoms with van der Waals surface area (Å²) >= 11 is 0. The zero-order valence-electron chi connectivity index (χ0n) is 11.4. The molecule has 0 saturated carbocycles. The highest BCUT2D eigenvalue weighted by molar-refractivity contribution is 5.76. The van der Waals surface area contributed by atoms with Crippen LogP contribution < -0.4 is 5.32 Å². The van der Waals surface area contributed by atoms with Crippen molar-refractivity contribution in [1.82, 2.24) is 10.3 Å². The first-order valence-electron chi connectivity index (χ1n) is 6.97. The van der Waals surface area contributed by atoms with Crippen LogP contribution in [0.4, 0.5) is 0 Å². The summed E-state index contributed by atoms with van der Waals surface area (Å²) < 4.78 is 5.93. The second-order valence-corrected chi connectivity index (χ2v) is 5.38. The second-order valence-electron chi connectivity index (χ2n) is 5.38. The van der Waals surface area contributed by atoms with E-state index in [1.54, 1.807) is 0 Å². The third-order valence-corrected chi connectivity index (χ3v) is 4.02.